The standard InChI is InChI=1S/C12H20O/c1-5-9-6-7-10(13)8-11(9)12(2,3)4/h6-7,9,11H,5,8H2,1-4H3. The fourth-order valence-electron chi connectivity index (χ4n) is 2.17. The van der Waals surface area contributed by atoms with Gasteiger partial charge in [0.05, 0.1) is 0 Å². The summed E-state index contributed by atoms with van der Waals surface area (Å²) in [5, 5.41) is 0. The summed E-state index contributed by atoms with van der Waals surface area (Å²) >= 11 is 0. The molecule has 74 valence electrons. The molecule has 0 aromatic heterocycles. The smallest absolute Gasteiger partial charge is 0.155 e. The molecule has 0 saturated carbocycles. The first-order valence-corrected chi connectivity index (χ1v) is 5.16. The first kappa shape index (κ1) is 10.5. The molecule has 0 bridgehead atoms. The second-order valence-electron chi connectivity index (χ2n) is 5.07. The van der Waals surface area contributed by atoms with Crippen LogP contribution in [-0.4, -0.2) is 5.78 Å². The number of allylic oxidation sites excluding steroid dienone is 2. The van der Waals surface area contributed by atoms with E-state index in [1.165, 1.54) is 0 Å². The summed E-state index contributed by atoms with van der Waals surface area (Å²) in [5.74, 6) is 1.41. The summed E-state index contributed by atoms with van der Waals surface area (Å²) in [6.45, 7) is 8.88. The lowest BCUT2D eigenvalue weighted by atomic mass is 9.68. The molecular weight excluding hydrogens is 160 g/mol. The van der Waals surface area contributed by atoms with Crippen molar-refractivity contribution >= 4 is 5.78 Å². The van der Waals surface area contributed by atoms with Gasteiger partial charge in [0.2, 0.25) is 0 Å². The Morgan fingerprint density at radius 2 is 2.08 bits per heavy atom. The lowest BCUT2D eigenvalue weighted by Crippen LogP contribution is -2.31. The maximum absolute atomic E-state index is 11.3. The van der Waals surface area contributed by atoms with Crippen molar-refractivity contribution in [3.63, 3.8) is 0 Å². The van der Waals surface area contributed by atoms with Crippen LogP contribution in [0.1, 0.15) is 40.5 Å². The Hall–Kier alpha value is -0.590. The maximum atomic E-state index is 11.3. The molecule has 1 heteroatoms. The maximum Gasteiger partial charge on any atom is 0.155 e. The number of hydrogen-bond acceptors (Lipinski definition) is 1. The van der Waals surface area contributed by atoms with Gasteiger partial charge in [-0.2, -0.15) is 0 Å². The Kier molecular flexibility index (Phi) is 2.94. The quantitative estimate of drug-likeness (QED) is 0.605. The normalized spacial score (nSPS) is 29.4. The summed E-state index contributed by atoms with van der Waals surface area (Å²) in [6.07, 6.45) is 5.74. The topological polar surface area (TPSA) is 17.1 Å². The molecule has 0 N–H and O–H groups in total. The van der Waals surface area contributed by atoms with E-state index in [0.29, 0.717) is 17.6 Å². The van der Waals surface area contributed by atoms with Crippen LogP contribution in [0.15, 0.2) is 12.2 Å². The van der Waals surface area contributed by atoms with Gasteiger partial charge in [0.15, 0.2) is 5.78 Å². The molecule has 13 heavy (non-hydrogen) atoms. The summed E-state index contributed by atoms with van der Waals surface area (Å²) in [5.41, 5.74) is 0.251. The lowest BCUT2D eigenvalue weighted by Gasteiger charge is -2.36. The van der Waals surface area contributed by atoms with Crippen molar-refractivity contribution in [3.05, 3.63) is 12.2 Å². The van der Waals surface area contributed by atoms with Crippen molar-refractivity contribution in [3.8, 4) is 0 Å². The van der Waals surface area contributed by atoms with E-state index in [9.17, 15) is 4.79 Å². The minimum atomic E-state index is 0.251. The van der Waals surface area contributed by atoms with E-state index in [0.717, 1.165) is 12.8 Å². The molecule has 0 radical (unpaired) electrons. The Labute approximate surface area is 81.2 Å². The van der Waals surface area contributed by atoms with Gasteiger partial charge in [0.1, 0.15) is 0 Å². The molecule has 0 heterocycles. The summed E-state index contributed by atoms with van der Waals surface area (Å²) in [7, 11) is 0. The number of hydrogen-bond donors (Lipinski definition) is 0. The van der Waals surface area contributed by atoms with Gasteiger partial charge in [0, 0.05) is 6.42 Å². The number of ketones is 1. The first-order valence-electron chi connectivity index (χ1n) is 5.16. The fraction of sp³-hybridized carbons (Fsp3) is 0.750. The highest BCUT2D eigenvalue weighted by Crippen LogP contribution is 2.39. The largest absolute Gasteiger partial charge is 0.295 e. The SMILES string of the molecule is CCC1C=CC(=O)CC1C(C)(C)C. The number of rotatable bonds is 1. The Bertz CT molecular complexity index is 220. The Morgan fingerprint density at radius 3 is 2.54 bits per heavy atom. The lowest BCUT2D eigenvalue weighted by molar-refractivity contribution is -0.117. The van der Waals surface area contributed by atoms with Gasteiger partial charge in [-0.1, -0.05) is 33.8 Å². The Balaban J connectivity index is 2.83. The van der Waals surface area contributed by atoms with E-state index < -0.39 is 0 Å². The molecule has 2 unspecified atom stereocenters. The molecule has 2 atom stereocenters. The van der Waals surface area contributed by atoms with Crippen LogP contribution in [0.5, 0.6) is 0 Å². The van der Waals surface area contributed by atoms with Crippen LogP contribution in [0.2, 0.25) is 0 Å². The fourth-order valence-corrected chi connectivity index (χ4v) is 2.17. The van der Waals surface area contributed by atoms with E-state index in [1.54, 1.807) is 6.08 Å². The highest BCUT2D eigenvalue weighted by molar-refractivity contribution is 5.90. The molecular formula is C12H20O. The van der Waals surface area contributed by atoms with Crippen molar-refractivity contribution in [2.75, 3.05) is 0 Å². The van der Waals surface area contributed by atoms with Gasteiger partial charge in [-0.15, -0.1) is 0 Å². The van der Waals surface area contributed by atoms with Gasteiger partial charge < -0.3 is 0 Å². The van der Waals surface area contributed by atoms with Crippen LogP contribution >= 0.6 is 0 Å². The number of carbonyl (C=O) groups is 1. The molecule has 1 rings (SSSR count). The molecule has 1 aliphatic rings. The third kappa shape index (κ3) is 2.43. The minimum absolute atomic E-state index is 0.251. The van der Waals surface area contributed by atoms with Crippen molar-refractivity contribution in [1.29, 1.82) is 0 Å². The van der Waals surface area contributed by atoms with E-state index in [4.69, 9.17) is 0 Å². The zero-order valence-electron chi connectivity index (χ0n) is 9.13. The van der Waals surface area contributed by atoms with Crippen molar-refractivity contribution in [2.24, 2.45) is 17.3 Å². The first-order chi connectivity index (χ1) is 5.95. The average Bonchev–Trinajstić information content (AvgIpc) is 2.03. The molecule has 0 amide bonds. The second-order valence-corrected chi connectivity index (χ2v) is 5.07. The molecule has 0 aliphatic heterocycles. The highest BCUT2D eigenvalue weighted by atomic mass is 16.1. The van der Waals surface area contributed by atoms with E-state index in [1.807, 2.05) is 0 Å². The molecule has 0 spiro atoms. The van der Waals surface area contributed by atoms with E-state index in [-0.39, 0.29) is 5.41 Å². The van der Waals surface area contributed by atoms with Gasteiger partial charge >= 0.3 is 0 Å². The predicted octanol–water partition coefficient (Wildman–Crippen LogP) is 3.20. The summed E-state index contributed by atoms with van der Waals surface area (Å²) in [4.78, 5) is 11.3. The van der Waals surface area contributed by atoms with Crippen LogP contribution in [0.3, 0.4) is 0 Å². The minimum Gasteiger partial charge on any atom is -0.295 e. The predicted molar refractivity (Wildman–Crippen MR) is 55.5 cm³/mol. The monoisotopic (exact) mass is 180 g/mol. The van der Waals surface area contributed by atoms with Gasteiger partial charge in [-0.25, -0.2) is 0 Å². The molecule has 0 saturated heterocycles. The van der Waals surface area contributed by atoms with E-state index >= 15 is 0 Å². The zero-order valence-corrected chi connectivity index (χ0v) is 9.13. The van der Waals surface area contributed by atoms with Crippen molar-refractivity contribution in [1.82, 2.24) is 0 Å². The molecule has 0 aromatic rings. The van der Waals surface area contributed by atoms with Crippen LogP contribution in [0.4, 0.5) is 0 Å². The third-order valence-corrected chi connectivity index (χ3v) is 3.05. The van der Waals surface area contributed by atoms with Crippen LogP contribution in [-0.2, 0) is 4.79 Å². The van der Waals surface area contributed by atoms with Crippen LogP contribution < -0.4 is 0 Å². The second kappa shape index (κ2) is 3.65. The highest BCUT2D eigenvalue weighted by Gasteiger charge is 2.33. The van der Waals surface area contributed by atoms with Crippen LogP contribution in [0, 0.1) is 17.3 Å². The Morgan fingerprint density at radius 1 is 1.46 bits per heavy atom. The molecule has 1 nitrogen and oxygen atoms in total. The van der Waals surface area contributed by atoms with Crippen molar-refractivity contribution < 1.29 is 4.79 Å². The van der Waals surface area contributed by atoms with Gasteiger partial charge in [-0.05, 0) is 29.7 Å². The molecule has 0 fully saturated rings. The van der Waals surface area contributed by atoms with Crippen LogP contribution in [0.25, 0.3) is 0 Å². The third-order valence-electron chi connectivity index (χ3n) is 3.05. The van der Waals surface area contributed by atoms with E-state index in [2.05, 4.69) is 33.8 Å². The van der Waals surface area contributed by atoms with Gasteiger partial charge in [0.25, 0.3) is 0 Å². The summed E-state index contributed by atoms with van der Waals surface area (Å²) < 4.78 is 0. The molecule has 0 aromatic carbocycles. The molecule has 1 aliphatic carbocycles. The zero-order chi connectivity index (χ0) is 10.1. The van der Waals surface area contributed by atoms with Gasteiger partial charge in [-0.3, -0.25) is 4.79 Å². The average molecular weight is 180 g/mol. The summed E-state index contributed by atoms with van der Waals surface area (Å²) in [6, 6.07) is 0. The van der Waals surface area contributed by atoms with Crippen molar-refractivity contribution in [2.45, 2.75) is 40.5 Å². The number of carbonyl (C=O) groups excluding carboxylic acids is 1.